The summed E-state index contributed by atoms with van der Waals surface area (Å²) in [4.78, 5) is 0. The Bertz CT molecular complexity index is 440. The molecule has 1 unspecified atom stereocenters. The smallest absolute Gasteiger partial charge is 0.188 e. The molecule has 14 heavy (non-hydrogen) atoms. The molecule has 1 aliphatic heterocycles. The van der Waals surface area contributed by atoms with Gasteiger partial charge in [0.25, 0.3) is 0 Å². The summed E-state index contributed by atoms with van der Waals surface area (Å²) in [5.41, 5.74) is 4.58. The lowest BCUT2D eigenvalue weighted by Gasteiger charge is -1.98. The first-order valence-electron chi connectivity index (χ1n) is 5.31. The summed E-state index contributed by atoms with van der Waals surface area (Å²) < 4.78 is 2.39. The summed E-state index contributed by atoms with van der Waals surface area (Å²) in [7, 11) is 0. The zero-order valence-electron chi connectivity index (χ0n) is 8.40. The van der Waals surface area contributed by atoms with Crippen molar-refractivity contribution in [3.63, 3.8) is 0 Å². The summed E-state index contributed by atoms with van der Waals surface area (Å²) in [6.45, 7) is 2.25. The maximum absolute atomic E-state index is 2.39. The average molecular weight is 184 g/mol. The molecule has 0 bridgehead atoms. The number of aromatic nitrogens is 1. The van der Waals surface area contributed by atoms with E-state index in [9.17, 15) is 0 Å². The second kappa shape index (κ2) is 2.81. The van der Waals surface area contributed by atoms with Gasteiger partial charge in [-0.1, -0.05) is 13.0 Å². The van der Waals surface area contributed by atoms with Crippen molar-refractivity contribution >= 4 is 5.57 Å². The van der Waals surface area contributed by atoms with E-state index in [2.05, 4.69) is 48.0 Å². The highest BCUT2D eigenvalue weighted by Gasteiger charge is 2.37. The van der Waals surface area contributed by atoms with Crippen molar-refractivity contribution < 1.29 is 4.57 Å². The highest BCUT2D eigenvalue weighted by atomic mass is 15.0. The van der Waals surface area contributed by atoms with Gasteiger partial charge in [0.15, 0.2) is 12.2 Å². The van der Waals surface area contributed by atoms with Crippen LogP contribution in [-0.2, 0) is 0 Å². The van der Waals surface area contributed by atoms with Gasteiger partial charge in [-0.05, 0) is 25.0 Å². The number of rotatable bonds is 1. The van der Waals surface area contributed by atoms with Gasteiger partial charge >= 0.3 is 0 Å². The molecule has 1 nitrogen and oxygen atoms in total. The molecule has 1 aromatic heterocycles. The fourth-order valence-electron chi connectivity index (χ4n) is 2.65. The maximum Gasteiger partial charge on any atom is 0.209 e. The minimum Gasteiger partial charge on any atom is -0.188 e. The molecule has 1 heteroatoms. The third kappa shape index (κ3) is 0.872. The van der Waals surface area contributed by atoms with Crippen LogP contribution in [-0.4, -0.2) is 0 Å². The van der Waals surface area contributed by atoms with Crippen LogP contribution in [0.2, 0.25) is 0 Å². The number of hydrogen-bond donors (Lipinski definition) is 0. The van der Waals surface area contributed by atoms with Crippen molar-refractivity contribution in [1.29, 1.82) is 0 Å². The van der Waals surface area contributed by atoms with Crippen LogP contribution >= 0.6 is 0 Å². The molecule has 0 spiro atoms. The van der Waals surface area contributed by atoms with Crippen molar-refractivity contribution in [3.05, 3.63) is 47.8 Å². The molecule has 3 rings (SSSR count). The number of allylic oxidation sites excluding steroid dienone is 4. The van der Waals surface area contributed by atoms with Crippen molar-refractivity contribution in [3.8, 4) is 0 Å². The quantitative estimate of drug-likeness (QED) is 0.466. The molecular formula is C13H14N+. The van der Waals surface area contributed by atoms with E-state index in [0.29, 0.717) is 6.04 Å². The Morgan fingerprint density at radius 1 is 1.43 bits per heavy atom. The monoisotopic (exact) mass is 184 g/mol. The molecule has 0 amide bonds. The van der Waals surface area contributed by atoms with E-state index in [0.717, 1.165) is 12.8 Å². The topological polar surface area (TPSA) is 3.88 Å². The van der Waals surface area contributed by atoms with Crippen molar-refractivity contribution in [2.45, 2.75) is 25.8 Å². The normalized spacial score (nSPS) is 22.8. The van der Waals surface area contributed by atoms with E-state index in [1.807, 2.05) is 0 Å². The molecule has 2 heterocycles. The van der Waals surface area contributed by atoms with Crippen LogP contribution in [0.1, 0.15) is 31.5 Å². The molecular weight excluding hydrogens is 170 g/mol. The molecule has 0 saturated carbocycles. The van der Waals surface area contributed by atoms with Crippen molar-refractivity contribution in [2.75, 3.05) is 0 Å². The highest BCUT2D eigenvalue weighted by molar-refractivity contribution is 5.68. The molecule has 0 fully saturated rings. The molecule has 70 valence electrons. The lowest BCUT2D eigenvalue weighted by Crippen LogP contribution is -2.37. The van der Waals surface area contributed by atoms with Gasteiger partial charge in [0.2, 0.25) is 5.69 Å². The Morgan fingerprint density at radius 3 is 3.21 bits per heavy atom. The Balaban J connectivity index is 2.24. The lowest BCUT2D eigenvalue weighted by atomic mass is 10.0. The summed E-state index contributed by atoms with van der Waals surface area (Å²) in [6.07, 6.45) is 9.10. The second-order valence-corrected chi connectivity index (χ2v) is 3.93. The molecule has 0 N–H and O–H groups in total. The first kappa shape index (κ1) is 7.98. The van der Waals surface area contributed by atoms with Gasteiger partial charge < -0.3 is 0 Å². The minimum atomic E-state index is 0.529. The van der Waals surface area contributed by atoms with Crippen LogP contribution in [0.5, 0.6) is 0 Å². The molecule has 0 saturated heterocycles. The van der Waals surface area contributed by atoms with Gasteiger partial charge in [-0.25, -0.2) is 0 Å². The van der Waals surface area contributed by atoms with Gasteiger partial charge in [-0.3, -0.25) is 0 Å². The van der Waals surface area contributed by atoms with Crippen molar-refractivity contribution in [1.82, 2.24) is 0 Å². The SMILES string of the molecule is CCC1=C2CC=CC2[n+]2ccccc21. The van der Waals surface area contributed by atoms with Crippen LogP contribution in [0.4, 0.5) is 0 Å². The van der Waals surface area contributed by atoms with E-state index >= 15 is 0 Å². The number of fused-ring (bicyclic) bond motifs is 3. The van der Waals surface area contributed by atoms with E-state index in [1.54, 1.807) is 11.1 Å². The Morgan fingerprint density at radius 2 is 2.36 bits per heavy atom. The van der Waals surface area contributed by atoms with E-state index in [4.69, 9.17) is 0 Å². The van der Waals surface area contributed by atoms with Crippen LogP contribution in [0, 0.1) is 0 Å². The Labute approximate surface area is 84.4 Å². The van der Waals surface area contributed by atoms with E-state index in [1.165, 1.54) is 5.69 Å². The molecule has 1 aromatic rings. The first-order chi connectivity index (χ1) is 6.92. The Kier molecular flexibility index (Phi) is 1.60. The highest BCUT2D eigenvalue weighted by Crippen LogP contribution is 2.38. The second-order valence-electron chi connectivity index (χ2n) is 3.93. The maximum atomic E-state index is 2.39. The van der Waals surface area contributed by atoms with Crippen LogP contribution in [0.3, 0.4) is 0 Å². The van der Waals surface area contributed by atoms with Crippen LogP contribution < -0.4 is 4.57 Å². The zero-order valence-corrected chi connectivity index (χ0v) is 8.40. The van der Waals surface area contributed by atoms with Gasteiger partial charge in [0.05, 0.1) is 0 Å². The van der Waals surface area contributed by atoms with Gasteiger partial charge in [0, 0.05) is 23.3 Å². The third-order valence-corrected chi connectivity index (χ3v) is 3.25. The van der Waals surface area contributed by atoms with Gasteiger partial charge in [0.1, 0.15) is 0 Å². The fraction of sp³-hybridized carbons (Fsp3) is 0.308. The number of pyridine rings is 1. The molecule has 0 radical (unpaired) electrons. The largest absolute Gasteiger partial charge is 0.209 e. The predicted molar refractivity (Wildman–Crippen MR) is 56.6 cm³/mol. The summed E-state index contributed by atoms with van der Waals surface area (Å²) >= 11 is 0. The summed E-state index contributed by atoms with van der Waals surface area (Å²) in [5.74, 6) is 0. The Hall–Kier alpha value is -1.37. The van der Waals surface area contributed by atoms with Crippen LogP contribution in [0.15, 0.2) is 42.1 Å². The van der Waals surface area contributed by atoms with Crippen LogP contribution in [0.25, 0.3) is 5.57 Å². The first-order valence-corrected chi connectivity index (χ1v) is 5.31. The molecule has 0 aromatic carbocycles. The lowest BCUT2D eigenvalue weighted by molar-refractivity contribution is -0.700. The van der Waals surface area contributed by atoms with Gasteiger partial charge in [-0.15, -0.1) is 0 Å². The number of nitrogens with zero attached hydrogens (tertiary/aromatic N) is 1. The van der Waals surface area contributed by atoms with Crippen molar-refractivity contribution in [2.24, 2.45) is 0 Å². The third-order valence-electron chi connectivity index (χ3n) is 3.25. The molecule has 1 aliphatic carbocycles. The number of hydrogen-bond acceptors (Lipinski definition) is 0. The zero-order chi connectivity index (χ0) is 9.54. The van der Waals surface area contributed by atoms with E-state index < -0.39 is 0 Å². The summed E-state index contributed by atoms with van der Waals surface area (Å²) in [5, 5.41) is 0. The standard InChI is InChI=1S/C13H14N/c1-2-10-11-6-5-8-13(11)14-9-4-3-7-12(10)14/h3-5,7-9,13H,2,6H2,1H3/q+1. The summed E-state index contributed by atoms with van der Waals surface area (Å²) in [6, 6.07) is 7.01. The predicted octanol–water partition coefficient (Wildman–Crippen LogP) is 2.65. The van der Waals surface area contributed by atoms with E-state index in [-0.39, 0.29) is 0 Å². The molecule has 2 aliphatic rings. The molecule has 1 atom stereocenters. The fourth-order valence-corrected chi connectivity index (χ4v) is 2.65. The average Bonchev–Trinajstić information content (AvgIpc) is 2.77. The minimum absolute atomic E-state index is 0.529. The van der Waals surface area contributed by atoms with Gasteiger partial charge in [-0.2, -0.15) is 4.57 Å².